The molecule has 158 valence electrons. The fourth-order valence-corrected chi connectivity index (χ4v) is 4.77. The van der Waals surface area contributed by atoms with Gasteiger partial charge in [0.1, 0.15) is 5.82 Å². The van der Waals surface area contributed by atoms with E-state index in [1.54, 1.807) is 31.3 Å². The number of benzene rings is 3. The molecule has 6 heteroatoms. The molecule has 0 aromatic heterocycles. The smallest absolute Gasteiger partial charge is 0.256 e. The van der Waals surface area contributed by atoms with Gasteiger partial charge in [-0.15, -0.1) is 0 Å². The van der Waals surface area contributed by atoms with Crippen LogP contribution in [0.5, 0.6) is 11.5 Å². The van der Waals surface area contributed by atoms with Crippen LogP contribution in [0, 0.1) is 5.82 Å². The van der Waals surface area contributed by atoms with E-state index in [9.17, 15) is 9.18 Å². The Kier molecular flexibility index (Phi) is 4.67. The Morgan fingerprint density at radius 3 is 2.45 bits per heavy atom. The Labute approximate surface area is 180 Å². The number of nitrogens with zero attached hydrogens (tertiary/aromatic N) is 1. The maximum absolute atomic E-state index is 14.0. The first-order valence-electron chi connectivity index (χ1n) is 10.2. The van der Waals surface area contributed by atoms with Crippen molar-refractivity contribution in [3.63, 3.8) is 0 Å². The molecule has 1 atom stereocenters. The van der Waals surface area contributed by atoms with Gasteiger partial charge >= 0.3 is 0 Å². The molecule has 1 N–H and O–H groups in total. The summed E-state index contributed by atoms with van der Waals surface area (Å²) in [5, 5.41) is 3.52. The van der Waals surface area contributed by atoms with Crippen LogP contribution in [-0.2, 0) is 23.3 Å². The molecular weight excluding hydrogens is 395 g/mol. The van der Waals surface area contributed by atoms with Crippen molar-refractivity contribution in [2.45, 2.75) is 18.5 Å². The summed E-state index contributed by atoms with van der Waals surface area (Å²) in [5.41, 5.74) is 3.58. The Morgan fingerprint density at radius 1 is 1.00 bits per heavy atom. The van der Waals surface area contributed by atoms with Crippen molar-refractivity contribution in [1.82, 2.24) is 5.32 Å². The molecule has 3 aromatic carbocycles. The molecule has 1 unspecified atom stereocenters. The van der Waals surface area contributed by atoms with Crippen molar-refractivity contribution in [2.24, 2.45) is 0 Å². The number of ether oxygens (including phenoxy) is 2. The predicted molar refractivity (Wildman–Crippen MR) is 116 cm³/mol. The van der Waals surface area contributed by atoms with Gasteiger partial charge in [-0.3, -0.25) is 10.1 Å². The minimum Gasteiger partial charge on any atom is -0.493 e. The minimum absolute atomic E-state index is 0.0498. The lowest BCUT2D eigenvalue weighted by atomic mass is 9.78. The number of amides is 1. The second-order valence-corrected chi connectivity index (χ2v) is 7.83. The van der Waals surface area contributed by atoms with E-state index >= 15 is 0 Å². The average molecular weight is 418 g/mol. The summed E-state index contributed by atoms with van der Waals surface area (Å²) in [5.74, 6) is 0.898. The summed E-state index contributed by atoms with van der Waals surface area (Å²) in [7, 11) is 3.21. The van der Waals surface area contributed by atoms with Gasteiger partial charge in [-0.05, 0) is 53.4 Å². The third-order valence-corrected chi connectivity index (χ3v) is 6.22. The summed E-state index contributed by atoms with van der Waals surface area (Å²) in [4.78, 5) is 15.8. The molecule has 2 aliphatic heterocycles. The lowest BCUT2D eigenvalue weighted by Crippen LogP contribution is -2.54. The largest absolute Gasteiger partial charge is 0.493 e. The van der Waals surface area contributed by atoms with Crippen LogP contribution >= 0.6 is 0 Å². The number of nitrogens with one attached hydrogen (secondary N) is 1. The summed E-state index contributed by atoms with van der Waals surface area (Å²) >= 11 is 0. The van der Waals surface area contributed by atoms with E-state index in [0.29, 0.717) is 24.6 Å². The highest BCUT2D eigenvalue weighted by Gasteiger charge is 2.54. The number of halogens is 1. The highest BCUT2D eigenvalue weighted by atomic mass is 19.1. The first-order valence-corrected chi connectivity index (χ1v) is 10.2. The maximum atomic E-state index is 14.0. The Morgan fingerprint density at radius 2 is 1.71 bits per heavy atom. The van der Waals surface area contributed by atoms with Crippen molar-refractivity contribution in [1.29, 1.82) is 0 Å². The fourth-order valence-electron chi connectivity index (χ4n) is 4.77. The maximum Gasteiger partial charge on any atom is 0.256 e. The highest BCUT2D eigenvalue weighted by molar-refractivity contribution is 6.10. The van der Waals surface area contributed by atoms with Crippen molar-refractivity contribution < 1.29 is 18.7 Å². The van der Waals surface area contributed by atoms with E-state index in [0.717, 1.165) is 34.4 Å². The van der Waals surface area contributed by atoms with Crippen LogP contribution in [0.2, 0.25) is 0 Å². The van der Waals surface area contributed by atoms with Gasteiger partial charge in [0.25, 0.3) is 5.91 Å². The van der Waals surface area contributed by atoms with Gasteiger partial charge in [-0.1, -0.05) is 30.3 Å². The summed E-state index contributed by atoms with van der Waals surface area (Å²) in [6, 6.07) is 18.0. The zero-order valence-electron chi connectivity index (χ0n) is 17.4. The number of hydrogen-bond donors (Lipinski definition) is 1. The minimum atomic E-state index is -0.996. The number of para-hydroxylation sites is 1. The third-order valence-electron chi connectivity index (χ3n) is 6.22. The van der Waals surface area contributed by atoms with Crippen LogP contribution in [0.3, 0.4) is 0 Å². The average Bonchev–Trinajstić information content (AvgIpc) is 3.03. The van der Waals surface area contributed by atoms with Gasteiger partial charge in [0.05, 0.1) is 26.5 Å². The molecule has 0 fully saturated rings. The second-order valence-electron chi connectivity index (χ2n) is 7.83. The van der Waals surface area contributed by atoms with Crippen LogP contribution in [0.4, 0.5) is 10.1 Å². The number of fused-ring (bicyclic) bond motifs is 4. The molecular formula is C25H23FN2O3. The highest BCUT2D eigenvalue weighted by Crippen LogP contribution is 2.49. The summed E-state index contributed by atoms with van der Waals surface area (Å²) < 4.78 is 24.4. The number of methoxy groups -OCH3 is 2. The van der Waals surface area contributed by atoms with Crippen molar-refractivity contribution in [3.05, 3.63) is 88.7 Å². The van der Waals surface area contributed by atoms with Gasteiger partial charge in [0, 0.05) is 12.1 Å². The van der Waals surface area contributed by atoms with Gasteiger partial charge < -0.3 is 14.4 Å². The lowest BCUT2D eigenvalue weighted by Gasteiger charge is -2.36. The van der Waals surface area contributed by atoms with Gasteiger partial charge in [-0.25, -0.2) is 4.39 Å². The van der Waals surface area contributed by atoms with Crippen LogP contribution in [0.1, 0.15) is 22.3 Å². The quantitative estimate of drug-likeness (QED) is 0.701. The van der Waals surface area contributed by atoms with E-state index in [1.165, 1.54) is 12.1 Å². The monoisotopic (exact) mass is 418 g/mol. The molecule has 1 spiro atoms. The zero-order valence-corrected chi connectivity index (χ0v) is 17.4. The molecule has 0 saturated heterocycles. The molecule has 0 radical (unpaired) electrons. The molecule has 2 heterocycles. The first-order chi connectivity index (χ1) is 15.1. The molecule has 2 aliphatic rings. The lowest BCUT2D eigenvalue weighted by molar-refractivity contribution is -0.123. The molecule has 0 aliphatic carbocycles. The topological polar surface area (TPSA) is 50.8 Å². The van der Waals surface area contributed by atoms with Crippen LogP contribution in [0.15, 0.2) is 60.7 Å². The van der Waals surface area contributed by atoms with Crippen molar-refractivity contribution in [2.75, 3.05) is 25.7 Å². The molecule has 5 nitrogen and oxygen atoms in total. The molecule has 0 bridgehead atoms. The number of rotatable bonds is 4. The third kappa shape index (κ3) is 2.90. The first kappa shape index (κ1) is 19.6. The number of hydrogen-bond acceptors (Lipinski definition) is 4. The van der Waals surface area contributed by atoms with E-state index < -0.39 is 5.54 Å². The van der Waals surface area contributed by atoms with Crippen LogP contribution in [0.25, 0.3) is 0 Å². The Hall–Kier alpha value is -3.38. The normalized spacial score (nSPS) is 19.3. The molecule has 3 aromatic rings. The number of anilines is 1. The number of carbonyl (C=O) groups is 1. The van der Waals surface area contributed by atoms with E-state index in [2.05, 4.69) is 5.32 Å². The Balaban J connectivity index is 1.67. The molecule has 1 amide bonds. The van der Waals surface area contributed by atoms with Gasteiger partial charge in [-0.2, -0.15) is 0 Å². The second kappa shape index (κ2) is 7.39. The SMILES string of the molecule is COc1cc2c(cc1OC)C1(NCC2)C(=O)N(Cc2ccc(F)cc2)c2ccccc21. The predicted octanol–water partition coefficient (Wildman–Crippen LogP) is 3.78. The molecule has 0 saturated carbocycles. The fraction of sp³-hybridized carbons (Fsp3) is 0.240. The standard InChI is InChI=1S/C25H23FN2O3/c1-30-22-13-17-11-12-27-25(20(17)14-23(22)31-2)19-5-3-4-6-21(19)28(24(25)29)15-16-7-9-18(26)10-8-16/h3-10,13-14,27H,11-12,15H2,1-2H3. The van der Waals surface area contributed by atoms with Crippen molar-refractivity contribution >= 4 is 11.6 Å². The van der Waals surface area contributed by atoms with Crippen LogP contribution in [-0.4, -0.2) is 26.7 Å². The molecule has 5 rings (SSSR count). The Bertz CT molecular complexity index is 1160. The van der Waals surface area contributed by atoms with Crippen LogP contribution < -0.4 is 19.7 Å². The van der Waals surface area contributed by atoms with E-state index in [4.69, 9.17) is 9.47 Å². The zero-order chi connectivity index (χ0) is 21.6. The van der Waals surface area contributed by atoms with Crippen molar-refractivity contribution in [3.8, 4) is 11.5 Å². The number of carbonyl (C=O) groups excluding carboxylic acids is 1. The van der Waals surface area contributed by atoms with E-state index in [1.807, 2.05) is 36.4 Å². The molecule has 31 heavy (non-hydrogen) atoms. The van der Waals surface area contributed by atoms with Gasteiger partial charge in [0.2, 0.25) is 0 Å². The van der Waals surface area contributed by atoms with E-state index in [-0.39, 0.29) is 11.7 Å². The van der Waals surface area contributed by atoms with Gasteiger partial charge in [0.15, 0.2) is 17.0 Å². The summed E-state index contributed by atoms with van der Waals surface area (Å²) in [6.45, 7) is 1.02. The summed E-state index contributed by atoms with van der Waals surface area (Å²) in [6.07, 6.45) is 0.783.